The molecule has 0 atom stereocenters. The normalized spacial score (nSPS) is 17.3. The maximum Gasteiger partial charge on any atom is 0.301 e. The largest absolute Gasteiger partial charge is 0.301 e. The summed E-state index contributed by atoms with van der Waals surface area (Å²) >= 11 is 11.7. The molecular weight excluding hydrogens is 283 g/mol. The van der Waals surface area contributed by atoms with Crippen LogP contribution in [-0.4, -0.2) is 25.8 Å². The SMILES string of the molecule is O=S(=O)(Nc1cc(Cl)ccc1Cl)N1CCCC1. The summed E-state index contributed by atoms with van der Waals surface area (Å²) in [6.07, 6.45) is 1.79. The van der Waals surface area contributed by atoms with Gasteiger partial charge in [0.25, 0.3) is 0 Å². The van der Waals surface area contributed by atoms with Gasteiger partial charge in [-0.25, -0.2) is 0 Å². The minimum Gasteiger partial charge on any atom is -0.269 e. The zero-order chi connectivity index (χ0) is 12.5. The minimum absolute atomic E-state index is 0.311. The summed E-state index contributed by atoms with van der Waals surface area (Å²) in [5.74, 6) is 0. The van der Waals surface area contributed by atoms with Crippen molar-refractivity contribution in [3.63, 3.8) is 0 Å². The Morgan fingerprint density at radius 1 is 1.18 bits per heavy atom. The Kier molecular flexibility index (Phi) is 3.82. The van der Waals surface area contributed by atoms with E-state index < -0.39 is 10.2 Å². The number of benzene rings is 1. The molecule has 1 aliphatic heterocycles. The minimum atomic E-state index is -3.51. The van der Waals surface area contributed by atoms with E-state index in [1.54, 1.807) is 12.1 Å². The van der Waals surface area contributed by atoms with E-state index in [0.29, 0.717) is 28.8 Å². The van der Waals surface area contributed by atoms with E-state index in [1.165, 1.54) is 10.4 Å². The van der Waals surface area contributed by atoms with Crippen LogP contribution >= 0.6 is 23.2 Å². The first-order chi connectivity index (χ1) is 7.99. The molecule has 4 nitrogen and oxygen atoms in total. The van der Waals surface area contributed by atoms with Crippen LogP contribution < -0.4 is 4.72 Å². The highest BCUT2D eigenvalue weighted by Gasteiger charge is 2.25. The van der Waals surface area contributed by atoms with Crippen molar-refractivity contribution in [3.8, 4) is 0 Å². The summed E-state index contributed by atoms with van der Waals surface area (Å²) in [6, 6.07) is 4.67. The third-order valence-electron chi connectivity index (χ3n) is 2.57. The van der Waals surface area contributed by atoms with Gasteiger partial charge in [0.05, 0.1) is 10.7 Å². The molecule has 0 bridgehead atoms. The van der Waals surface area contributed by atoms with Crippen molar-refractivity contribution in [1.29, 1.82) is 0 Å². The first-order valence-corrected chi connectivity index (χ1v) is 7.41. The molecule has 0 spiro atoms. The van der Waals surface area contributed by atoms with Crippen molar-refractivity contribution in [2.24, 2.45) is 0 Å². The van der Waals surface area contributed by atoms with Gasteiger partial charge < -0.3 is 0 Å². The van der Waals surface area contributed by atoms with E-state index in [-0.39, 0.29) is 0 Å². The summed E-state index contributed by atoms with van der Waals surface area (Å²) in [4.78, 5) is 0. The fraction of sp³-hybridized carbons (Fsp3) is 0.400. The Labute approximate surface area is 111 Å². The maximum atomic E-state index is 12.0. The maximum absolute atomic E-state index is 12.0. The van der Waals surface area contributed by atoms with Crippen molar-refractivity contribution in [3.05, 3.63) is 28.2 Å². The van der Waals surface area contributed by atoms with Crippen molar-refractivity contribution >= 4 is 39.1 Å². The number of rotatable bonds is 3. The molecule has 0 radical (unpaired) electrons. The Morgan fingerprint density at radius 2 is 1.82 bits per heavy atom. The van der Waals surface area contributed by atoms with Crippen LogP contribution in [0.4, 0.5) is 5.69 Å². The molecule has 1 N–H and O–H groups in total. The standard InChI is InChI=1S/C10H12Cl2N2O2S/c11-8-3-4-9(12)10(7-8)13-17(15,16)14-5-1-2-6-14/h3-4,7,13H,1-2,5-6H2. The summed E-state index contributed by atoms with van der Waals surface area (Å²) in [6.45, 7) is 1.10. The average molecular weight is 295 g/mol. The van der Waals surface area contributed by atoms with Crippen LogP contribution in [-0.2, 0) is 10.2 Å². The summed E-state index contributed by atoms with van der Waals surface area (Å²) < 4.78 is 27.8. The van der Waals surface area contributed by atoms with E-state index in [4.69, 9.17) is 23.2 Å². The molecule has 0 unspecified atom stereocenters. The van der Waals surface area contributed by atoms with Crippen molar-refractivity contribution in [2.75, 3.05) is 17.8 Å². The van der Waals surface area contributed by atoms with Gasteiger partial charge in [0.1, 0.15) is 0 Å². The fourth-order valence-electron chi connectivity index (χ4n) is 1.71. The number of nitrogens with one attached hydrogen (secondary N) is 1. The molecule has 0 amide bonds. The average Bonchev–Trinajstić information content (AvgIpc) is 2.77. The zero-order valence-corrected chi connectivity index (χ0v) is 11.3. The highest BCUT2D eigenvalue weighted by Crippen LogP contribution is 2.27. The Hall–Kier alpha value is -0.490. The molecule has 7 heteroatoms. The Morgan fingerprint density at radius 3 is 2.47 bits per heavy atom. The molecule has 1 heterocycles. The van der Waals surface area contributed by atoms with E-state index in [1.807, 2.05) is 0 Å². The summed E-state index contributed by atoms with van der Waals surface area (Å²) in [5, 5.41) is 0.769. The highest BCUT2D eigenvalue weighted by atomic mass is 35.5. The third kappa shape index (κ3) is 3.04. The Balaban J connectivity index is 2.22. The fourth-order valence-corrected chi connectivity index (χ4v) is 3.42. The van der Waals surface area contributed by atoms with Gasteiger partial charge in [-0.1, -0.05) is 23.2 Å². The van der Waals surface area contributed by atoms with Crippen LogP contribution in [0.25, 0.3) is 0 Å². The molecular formula is C10H12Cl2N2O2S. The van der Waals surface area contributed by atoms with Crippen LogP contribution in [0.3, 0.4) is 0 Å². The number of nitrogens with zero attached hydrogens (tertiary/aromatic N) is 1. The highest BCUT2D eigenvalue weighted by molar-refractivity contribution is 7.90. The number of halogens is 2. The number of anilines is 1. The van der Waals surface area contributed by atoms with Crippen LogP contribution in [0.5, 0.6) is 0 Å². The molecule has 17 heavy (non-hydrogen) atoms. The molecule has 1 aliphatic rings. The van der Waals surface area contributed by atoms with Crippen LogP contribution in [0.2, 0.25) is 10.0 Å². The van der Waals surface area contributed by atoms with Crippen LogP contribution in [0.1, 0.15) is 12.8 Å². The Bertz CT molecular complexity index is 513. The second kappa shape index (κ2) is 5.02. The molecule has 0 aliphatic carbocycles. The smallest absolute Gasteiger partial charge is 0.269 e. The van der Waals surface area contributed by atoms with E-state index in [2.05, 4.69) is 4.72 Å². The lowest BCUT2D eigenvalue weighted by atomic mass is 10.3. The predicted molar refractivity (Wildman–Crippen MR) is 69.8 cm³/mol. The molecule has 0 saturated carbocycles. The summed E-state index contributed by atoms with van der Waals surface area (Å²) in [7, 11) is -3.51. The van der Waals surface area contributed by atoms with Gasteiger partial charge >= 0.3 is 10.2 Å². The van der Waals surface area contributed by atoms with Crippen LogP contribution in [0, 0.1) is 0 Å². The second-order valence-electron chi connectivity index (χ2n) is 3.84. The van der Waals surface area contributed by atoms with E-state index >= 15 is 0 Å². The second-order valence-corrected chi connectivity index (χ2v) is 6.35. The van der Waals surface area contributed by atoms with Crippen LogP contribution in [0.15, 0.2) is 18.2 Å². The molecule has 94 valence electrons. The lowest BCUT2D eigenvalue weighted by Crippen LogP contribution is -2.33. The molecule has 1 saturated heterocycles. The molecule has 1 aromatic rings. The lowest BCUT2D eigenvalue weighted by molar-refractivity contribution is 0.482. The van der Waals surface area contributed by atoms with Crippen molar-refractivity contribution in [1.82, 2.24) is 4.31 Å². The quantitative estimate of drug-likeness (QED) is 0.932. The monoisotopic (exact) mass is 294 g/mol. The van der Waals surface area contributed by atoms with Gasteiger partial charge in [-0.3, -0.25) is 4.72 Å². The molecule has 1 aromatic carbocycles. The lowest BCUT2D eigenvalue weighted by Gasteiger charge is -2.17. The first-order valence-electron chi connectivity index (χ1n) is 5.22. The molecule has 2 rings (SSSR count). The van der Waals surface area contributed by atoms with Crippen molar-refractivity contribution < 1.29 is 8.42 Å². The topological polar surface area (TPSA) is 49.4 Å². The summed E-state index contributed by atoms with van der Waals surface area (Å²) in [5.41, 5.74) is 0.311. The van der Waals surface area contributed by atoms with E-state index in [9.17, 15) is 8.42 Å². The van der Waals surface area contributed by atoms with Gasteiger partial charge in [0.2, 0.25) is 0 Å². The predicted octanol–water partition coefficient (Wildman–Crippen LogP) is 2.75. The zero-order valence-electron chi connectivity index (χ0n) is 8.99. The van der Waals surface area contributed by atoms with E-state index in [0.717, 1.165) is 12.8 Å². The molecule has 1 fully saturated rings. The van der Waals surface area contributed by atoms with Gasteiger partial charge in [-0.2, -0.15) is 12.7 Å². The third-order valence-corrected chi connectivity index (χ3v) is 4.66. The van der Waals surface area contributed by atoms with Gasteiger partial charge in [0, 0.05) is 18.1 Å². The first kappa shape index (κ1) is 13.0. The molecule has 0 aromatic heterocycles. The number of hydrogen-bond donors (Lipinski definition) is 1. The van der Waals surface area contributed by atoms with Gasteiger partial charge in [-0.05, 0) is 31.0 Å². The van der Waals surface area contributed by atoms with Gasteiger partial charge in [0.15, 0.2) is 0 Å². The number of hydrogen-bond acceptors (Lipinski definition) is 2. The van der Waals surface area contributed by atoms with Crippen molar-refractivity contribution in [2.45, 2.75) is 12.8 Å². The van der Waals surface area contributed by atoms with Gasteiger partial charge in [-0.15, -0.1) is 0 Å².